The van der Waals surface area contributed by atoms with E-state index in [0.29, 0.717) is 17.0 Å². The van der Waals surface area contributed by atoms with E-state index in [1.807, 2.05) is 12.1 Å². The molecule has 0 fully saturated rings. The van der Waals surface area contributed by atoms with E-state index < -0.39 is 0 Å². The van der Waals surface area contributed by atoms with Crippen molar-refractivity contribution in [3.8, 4) is 22.9 Å². The van der Waals surface area contributed by atoms with Crippen LogP contribution >= 0.6 is 0 Å². The van der Waals surface area contributed by atoms with Crippen LogP contribution in [0.4, 0.5) is 5.69 Å². The number of ketones is 1. The molecule has 2 aromatic rings. The van der Waals surface area contributed by atoms with Crippen molar-refractivity contribution in [2.75, 3.05) is 19.0 Å². The van der Waals surface area contributed by atoms with Gasteiger partial charge in [-0.1, -0.05) is 6.07 Å². The number of nitriles is 1. The molecule has 2 rings (SSSR count). The van der Waals surface area contributed by atoms with Crippen molar-refractivity contribution < 1.29 is 14.6 Å². The van der Waals surface area contributed by atoms with Crippen molar-refractivity contribution in [3.05, 3.63) is 41.7 Å². The van der Waals surface area contributed by atoms with Crippen LogP contribution in [0.2, 0.25) is 0 Å². The zero-order chi connectivity index (χ0) is 17.7. The second-order valence-electron chi connectivity index (χ2n) is 5.43. The van der Waals surface area contributed by atoms with Gasteiger partial charge in [0.05, 0.1) is 25.0 Å². The van der Waals surface area contributed by atoms with Gasteiger partial charge in [-0.25, -0.2) is 4.98 Å². The van der Waals surface area contributed by atoms with E-state index in [4.69, 9.17) is 4.74 Å². The Morgan fingerprint density at radius 1 is 1.42 bits per heavy atom. The fourth-order valence-electron chi connectivity index (χ4n) is 2.30. The minimum absolute atomic E-state index is 0.0634. The molecule has 0 saturated heterocycles. The molecule has 0 aliphatic heterocycles. The normalized spacial score (nSPS) is 11.5. The Morgan fingerprint density at radius 2 is 2.17 bits per heavy atom. The topological polar surface area (TPSA) is 95.2 Å². The zero-order valence-electron chi connectivity index (χ0n) is 13.8. The molecule has 124 valence electrons. The number of pyridine rings is 1. The number of carbonyl (C=O) groups excluding carboxylic acids is 1. The van der Waals surface area contributed by atoms with Gasteiger partial charge >= 0.3 is 0 Å². The summed E-state index contributed by atoms with van der Waals surface area (Å²) in [5.74, 6) is 0.419. The first kappa shape index (κ1) is 17.4. The molecule has 1 unspecified atom stereocenters. The number of benzene rings is 1. The molecule has 1 aromatic carbocycles. The highest BCUT2D eigenvalue weighted by Gasteiger charge is 2.13. The van der Waals surface area contributed by atoms with Crippen molar-refractivity contribution in [2.45, 2.75) is 19.9 Å². The largest absolute Gasteiger partial charge is 0.496 e. The highest BCUT2D eigenvalue weighted by Crippen LogP contribution is 2.29. The van der Waals surface area contributed by atoms with E-state index >= 15 is 0 Å². The third kappa shape index (κ3) is 3.70. The molecule has 6 heteroatoms. The molecule has 0 spiro atoms. The van der Waals surface area contributed by atoms with E-state index in [1.54, 1.807) is 31.3 Å². The predicted molar refractivity (Wildman–Crippen MR) is 91.1 cm³/mol. The molecule has 6 nitrogen and oxygen atoms in total. The standard InChI is InChI=1S/C18H19N3O3/c1-11(10-22)21-16-7-14(9-20-17(16)8-19)13-4-5-18(24-3)15(6-13)12(2)23/h4-7,9,11,21-22H,10H2,1-3H3. The van der Waals surface area contributed by atoms with E-state index in [2.05, 4.69) is 10.3 Å². The van der Waals surface area contributed by atoms with E-state index in [9.17, 15) is 15.2 Å². The number of nitrogens with zero attached hydrogens (tertiary/aromatic N) is 2. The molecule has 24 heavy (non-hydrogen) atoms. The third-order valence-electron chi connectivity index (χ3n) is 3.58. The molecule has 0 saturated carbocycles. The van der Waals surface area contributed by atoms with Crippen LogP contribution in [-0.4, -0.2) is 35.6 Å². The van der Waals surface area contributed by atoms with Crippen LogP contribution in [0, 0.1) is 11.3 Å². The van der Waals surface area contributed by atoms with Crippen LogP contribution in [0.15, 0.2) is 30.5 Å². The fourth-order valence-corrected chi connectivity index (χ4v) is 2.30. The number of rotatable bonds is 6. The number of carbonyl (C=O) groups is 1. The van der Waals surface area contributed by atoms with Gasteiger partial charge in [-0.15, -0.1) is 0 Å². The summed E-state index contributed by atoms with van der Waals surface area (Å²) < 4.78 is 5.21. The molecule has 1 heterocycles. The highest BCUT2D eigenvalue weighted by molar-refractivity contribution is 5.98. The number of aromatic nitrogens is 1. The number of aliphatic hydroxyl groups is 1. The van der Waals surface area contributed by atoms with Gasteiger partial charge in [0, 0.05) is 17.8 Å². The summed E-state index contributed by atoms with van der Waals surface area (Å²) in [6, 6.07) is 8.89. The molecule has 2 N–H and O–H groups in total. The van der Waals surface area contributed by atoms with Gasteiger partial charge in [0.1, 0.15) is 11.8 Å². The van der Waals surface area contributed by atoms with E-state index in [-0.39, 0.29) is 24.1 Å². The third-order valence-corrected chi connectivity index (χ3v) is 3.58. The van der Waals surface area contributed by atoms with Crippen molar-refractivity contribution in [3.63, 3.8) is 0 Å². The van der Waals surface area contributed by atoms with Crippen molar-refractivity contribution in [1.82, 2.24) is 4.98 Å². The summed E-state index contributed by atoms with van der Waals surface area (Å²) in [5.41, 5.74) is 2.82. The van der Waals surface area contributed by atoms with Crippen LogP contribution in [0.1, 0.15) is 29.9 Å². The van der Waals surface area contributed by atoms with Crippen LogP contribution in [-0.2, 0) is 0 Å². The van der Waals surface area contributed by atoms with Crippen molar-refractivity contribution >= 4 is 11.5 Å². The fraction of sp³-hybridized carbons (Fsp3) is 0.278. The number of hydrogen-bond acceptors (Lipinski definition) is 6. The lowest BCUT2D eigenvalue weighted by molar-refractivity contribution is 0.101. The molecule has 0 bridgehead atoms. The van der Waals surface area contributed by atoms with Gasteiger partial charge in [-0.2, -0.15) is 5.26 Å². The first-order valence-electron chi connectivity index (χ1n) is 7.47. The summed E-state index contributed by atoms with van der Waals surface area (Å²) in [5, 5.41) is 21.4. The maximum absolute atomic E-state index is 11.8. The Balaban J connectivity index is 2.49. The van der Waals surface area contributed by atoms with E-state index in [0.717, 1.165) is 11.1 Å². The molecular weight excluding hydrogens is 306 g/mol. The monoisotopic (exact) mass is 325 g/mol. The van der Waals surface area contributed by atoms with Gasteiger partial charge in [0.25, 0.3) is 0 Å². The summed E-state index contributed by atoms with van der Waals surface area (Å²) in [7, 11) is 1.52. The molecular formula is C18H19N3O3. The quantitative estimate of drug-likeness (QED) is 0.793. The minimum atomic E-state index is -0.210. The number of ether oxygens (including phenoxy) is 1. The summed E-state index contributed by atoms with van der Waals surface area (Å²) in [6.45, 7) is 3.22. The number of Topliss-reactive ketones (excluding diaryl/α,β-unsaturated/α-hetero) is 1. The second-order valence-corrected chi connectivity index (χ2v) is 5.43. The Kier molecular flexibility index (Phi) is 5.51. The van der Waals surface area contributed by atoms with Crippen molar-refractivity contribution in [1.29, 1.82) is 5.26 Å². The number of hydrogen-bond donors (Lipinski definition) is 2. The number of nitrogens with one attached hydrogen (secondary N) is 1. The summed E-state index contributed by atoms with van der Waals surface area (Å²) >= 11 is 0. The Bertz CT molecular complexity index is 797. The molecule has 1 atom stereocenters. The zero-order valence-corrected chi connectivity index (χ0v) is 13.8. The smallest absolute Gasteiger partial charge is 0.163 e. The lowest BCUT2D eigenvalue weighted by Gasteiger charge is -2.15. The average Bonchev–Trinajstić information content (AvgIpc) is 2.60. The van der Waals surface area contributed by atoms with Crippen molar-refractivity contribution in [2.24, 2.45) is 0 Å². The van der Waals surface area contributed by atoms with Gasteiger partial charge in [-0.05, 0) is 37.6 Å². The molecule has 1 aromatic heterocycles. The molecule has 0 aliphatic carbocycles. The first-order chi connectivity index (χ1) is 11.5. The van der Waals surface area contributed by atoms with Gasteiger partial charge in [0.2, 0.25) is 0 Å². The van der Waals surface area contributed by atoms with E-state index in [1.165, 1.54) is 14.0 Å². The Hall–Kier alpha value is -2.91. The Labute approximate surface area is 140 Å². The molecule has 0 amide bonds. The van der Waals surface area contributed by atoms with Gasteiger partial charge in [0.15, 0.2) is 11.5 Å². The lowest BCUT2D eigenvalue weighted by Crippen LogP contribution is -2.20. The SMILES string of the molecule is COc1ccc(-c2cnc(C#N)c(NC(C)CO)c2)cc1C(C)=O. The predicted octanol–water partition coefficient (Wildman–Crippen LogP) is 2.62. The lowest BCUT2D eigenvalue weighted by atomic mass is 10.0. The minimum Gasteiger partial charge on any atom is -0.496 e. The molecule has 0 radical (unpaired) electrons. The van der Waals surface area contributed by atoms with Crippen LogP contribution in [0.25, 0.3) is 11.1 Å². The molecule has 0 aliphatic rings. The highest BCUT2D eigenvalue weighted by atomic mass is 16.5. The summed E-state index contributed by atoms with van der Waals surface area (Å²) in [6.07, 6.45) is 1.58. The average molecular weight is 325 g/mol. The van der Waals surface area contributed by atoms with Crippen LogP contribution < -0.4 is 10.1 Å². The van der Waals surface area contributed by atoms with Crippen LogP contribution in [0.5, 0.6) is 5.75 Å². The van der Waals surface area contributed by atoms with Gasteiger partial charge < -0.3 is 15.2 Å². The Morgan fingerprint density at radius 3 is 2.75 bits per heavy atom. The summed E-state index contributed by atoms with van der Waals surface area (Å²) in [4.78, 5) is 15.9. The van der Waals surface area contributed by atoms with Crippen LogP contribution in [0.3, 0.4) is 0 Å². The second kappa shape index (κ2) is 7.57. The first-order valence-corrected chi connectivity index (χ1v) is 7.47. The maximum Gasteiger partial charge on any atom is 0.163 e. The number of methoxy groups -OCH3 is 1. The number of anilines is 1. The maximum atomic E-state index is 11.8. The number of aliphatic hydroxyl groups excluding tert-OH is 1. The van der Waals surface area contributed by atoms with Gasteiger partial charge in [-0.3, -0.25) is 4.79 Å².